The van der Waals surface area contributed by atoms with Crippen molar-refractivity contribution in [1.29, 1.82) is 0 Å². The van der Waals surface area contributed by atoms with Gasteiger partial charge in [-0.2, -0.15) is 0 Å². The van der Waals surface area contributed by atoms with E-state index < -0.39 is 5.97 Å². The van der Waals surface area contributed by atoms with Crippen molar-refractivity contribution >= 4 is 17.7 Å². The number of methoxy groups -OCH3 is 1. The normalized spacial score (nSPS) is 14.1. The maximum absolute atomic E-state index is 12.5. The third-order valence-electron chi connectivity index (χ3n) is 4.74. The summed E-state index contributed by atoms with van der Waals surface area (Å²) in [6.07, 6.45) is 2.73. The fourth-order valence-electron chi connectivity index (χ4n) is 3.19. The van der Waals surface area contributed by atoms with E-state index in [0.717, 1.165) is 11.3 Å². The van der Waals surface area contributed by atoms with Crippen LogP contribution in [0.4, 0.5) is 5.82 Å². The molecule has 7 nitrogen and oxygen atoms in total. The molecule has 1 aliphatic rings. The summed E-state index contributed by atoms with van der Waals surface area (Å²) in [5.41, 5.74) is 1.29. The average Bonchev–Trinajstić information content (AvgIpc) is 2.72. The molecule has 0 unspecified atom stereocenters. The van der Waals surface area contributed by atoms with E-state index in [1.165, 1.54) is 0 Å². The number of carbonyl (C=O) groups excluding carboxylic acids is 1. The van der Waals surface area contributed by atoms with Crippen molar-refractivity contribution in [1.82, 2.24) is 9.88 Å². The van der Waals surface area contributed by atoms with Crippen LogP contribution in [0.25, 0.3) is 0 Å². The van der Waals surface area contributed by atoms with Gasteiger partial charge in [0.2, 0.25) is 5.91 Å². The first-order chi connectivity index (χ1) is 13.1. The van der Waals surface area contributed by atoms with Crippen LogP contribution in [0.3, 0.4) is 0 Å². The first-order valence-corrected chi connectivity index (χ1v) is 8.92. The molecule has 0 atom stereocenters. The second kappa shape index (κ2) is 8.53. The highest BCUT2D eigenvalue weighted by molar-refractivity contribution is 5.93. The first kappa shape index (κ1) is 18.7. The molecule has 27 heavy (non-hydrogen) atoms. The summed E-state index contributed by atoms with van der Waals surface area (Å²) in [7, 11) is 1.63. The molecule has 2 aromatic rings. The molecule has 142 valence electrons. The van der Waals surface area contributed by atoms with Gasteiger partial charge in [-0.25, -0.2) is 9.78 Å². The summed E-state index contributed by atoms with van der Waals surface area (Å²) in [5.74, 6) is 0.396. The van der Waals surface area contributed by atoms with Gasteiger partial charge in [-0.15, -0.1) is 0 Å². The Bertz CT molecular complexity index is 799. The molecule has 2 heterocycles. The van der Waals surface area contributed by atoms with Crippen LogP contribution in [-0.2, 0) is 11.2 Å². The number of aromatic carboxylic acids is 1. The quantitative estimate of drug-likeness (QED) is 0.839. The molecule has 1 aromatic carbocycles. The number of hydrogen-bond donors (Lipinski definition) is 1. The zero-order valence-electron chi connectivity index (χ0n) is 15.3. The molecule has 1 N–H and O–H groups in total. The Morgan fingerprint density at radius 1 is 1.11 bits per heavy atom. The second-order valence-electron chi connectivity index (χ2n) is 6.40. The number of nitrogens with zero attached hydrogens (tertiary/aromatic N) is 3. The maximum Gasteiger partial charge on any atom is 0.339 e. The van der Waals surface area contributed by atoms with Gasteiger partial charge in [0.15, 0.2) is 0 Å². The predicted octanol–water partition coefficient (Wildman–Crippen LogP) is 2.07. The number of anilines is 1. The van der Waals surface area contributed by atoms with Crippen LogP contribution in [0.1, 0.15) is 22.3 Å². The molecule has 1 aliphatic heterocycles. The van der Waals surface area contributed by atoms with Crippen LogP contribution in [0.5, 0.6) is 5.75 Å². The van der Waals surface area contributed by atoms with E-state index in [1.807, 2.05) is 34.1 Å². The van der Waals surface area contributed by atoms with Gasteiger partial charge in [-0.05, 0) is 36.2 Å². The van der Waals surface area contributed by atoms with Gasteiger partial charge in [0, 0.05) is 38.8 Å². The Hall–Kier alpha value is -3.09. The Kier molecular flexibility index (Phi) is 5.90. The van der Waals surface area contributed by atoms with Crippen molar-refractivity contribution in [2.45, 2.75) is 12.8 Å². The highest BCUT2D eigenvalue weighted by Crippen LogP contribution is 2.19. The number of aryl methyl sites for hydroxylation is 1. The van der Waals surface area contributed by atoms with E-state index in [2.05, 4.69) is 4.98 Å². The van der Waals surface area contributed by atoms with Gasteiger partial charge in [-0.3, -0.25) is 4.79 Å². The van der Waals surface area contributed by atoms with Crippen LogP contribution in [0.15, 0.2) is 42.6 Å². The molecular formula is C20H23N3O4. The van der Waals surface area contributed by atoms with Crippen molar-refractivity contribution in [2.24, 2.45) is 0 Å². The topological polar surface area (TPSA) is 83.0 Å². The van der Waals surface area contributed by atoms with Gasteiger partial charge in [0.25, 0.3) is 0 Å². The number of amides is 1. The Labute approximate surface area is 158 Å². The number of hydrogen-bond acceptors (Lipinski definition) is 5. The van der Waals surface area contributed by atoms with Crippen LogP contribution >= 0.6 is 0 Å². The van der Waals surface area contributed by atoms with E-state index in [0.29, 0.717) is 44.8 Å². The minimum atomic E-state index is -0.990. The molecule has 3 rings (SSSR count). The molecule has 7 heteroatoms. The predicted molar refractivity (Wildman–Crippen MR) is 101 cm³/mol. The maximum atomic E-state index is 12.5. The lowest BCUT2D eigenvalue weighted by atomic mass is 10.1. The number of carboxylic acid groups (broad SMARTS) is 1. The van der Waals surface area contributed by atoms with Crippen molar-refractivity contribution in [3.8, 4) is 5.75 Å². The zero-order valence-corrected chi connectivity index (χ0v) is 15.3. The molecule has 1 aromatic heterocycles. The van der Waals surface area contributed by atoms with Gasteiger partial charge in [0.05, 0.1) is 7.11 Å². The molecule has 0 spiro atoms. The zero-order chi connectivity index (χ0) is 19.2. The summed E-state index contributed by atoms with van der Waals surface area (Å²) in [6, 6.07) is 10.9. The van der Waals surface area contributed by atoms with E-state index in [1.54, 1.807) is 25.4 Å². The third kappa shape index (κ3) is 4.55. The summed E-state index contributed by atoms with van der Waals surface area (Å²) < 4.78 is 5.14. The Balaban J connectivity index is 1.52. The van der Waals surface area contributed by atoms with E-state index in [4.69, 9.17) is 4.74 Å². The standard InChI is InChI=1S/C20H23N3O4/c1-27-16-7-4-15(5-8-16)6-9-18(24)22-11-13-23(14-12-22)19-17(20(25)26)3-2-10-21-19/h2-5,7-8,10H,6,9,11-14H2,1H3,(H,25,26). The number of carbonyl (C=O) groups is 2. The number of carboxylic acids is 1. The van der Waals surface area contributed by atoms with Gasteiger partial charge in [0.1, 0.15) is 17.1 Å². The fraction of sp³-hybridized carbons (Fsp3) is 0.350. The molecule has 0 bridgehead atoms. The molecule has 0 saturated carbocycles. The molecule has 1 saturated heterocycles. The van der Waals surface area contributed by atoms with Gasteiger partial charge in [-0.1, -0.05) is 12.1 Å². The lowest BCUT2D eigenvalue weighted by molar-refractivity contribution is -0.131. The molecule has 1 amide bonds. The number of benzene rings is 1. The summed E-state index contributed by atoms with van der Waals surface area (Å²) in [5, 5.41) is 9.31. The minimum Gasteiger partial charge on any atom is -0.497 e. The monoisotopic (exact) mass is 369 g/mol. The third-order valence-corrected chi connectivity index (χ3v) is 4.74. The fourth-order valence-corrected chi connectivity index (χ4v) is 3.19. The smallest absolute Gasteiger partial charge is 0.339 e. The number of pyridine rings is 1. The summed E-state index contributed by atoms with van der Waals surface area (Å²) in [4.78, 5) is 31.8. The van der Waals surface area contributed by atoms with Crippen LogP contribution < -0.4 is 9.64 Å². The molecule has 0 radical (unpaired) electrons. The lowest BCUT2D eigenvalue weighted by Crippen LogP contribution is -2.49. The van der Waals surface area contributed by atoms with Gasteiger partial charge < -0.3 is 19.6 Å². The van der Waals surface area contributed by atoms with Crippen LogP contribution in [0, 0.1) is 0 Å². The SMILES string of the molecule is COc1ccc(CCC(=O)N2CCN(c3ncccc3C(=O)O)CC2)cc1. The van der Waals surface area contributed by atoms with Crippen molar-refractivity contribution in [3.05, 3.63) is 53.7 Å². The van der Waals surface area contributed by atoms with E-state index in [9.17, 15) is 14.7 Å². The largest absolute Gasteiger partial charge is 0.497 e. The summed E-state index contributed by atoms with van der Waals surface area (Å²) >= 11 is 0. The number of ether oxygens (including phenoxy) is 1. The number of piperazine rings is 1. The van der Waals surface area contributed by atoms with Crippen molar-refractivity contribution in [2.75, 3.05) is 38.2 Å². The molecule has 1 fully saturated rings. The highest BCUT2D eigenvalue weighted by Gasteiger charge is 2.24. The second-order valence-corrected chi connectivity index (χ2v) is 6.40. The molecule has 0 aliphatic carbocycles. The van der Waals surface area contributed by atoms with E-state index >= 15 is 0 Å². The van der Waals surface area contributed by atoms with E-state index in [-0.39, 0.29) is 11.5 Å². The van der Waals surface area contributed by atoms with Crippen LogP contribution in [-0.4, -0.2) is 60.2 Å². The minimum absolute atomic E-state index is 0.116. The molecular weight excluding hydrogens is 346 g/mol. The number of aromatic nitrogens is 1. The summed E-state index contributed by atoms with van der Waals surface area (Å²) in [6.45, 7) is 2.28. The van der Waals surface area contributed by atoms with Crippen molar-refractivity contribution in [3.63, 3.8) is 0 Å². The number of rotatable bonds is 6. The van der Waals surface area contributed by atoms with Crippen molar-refractivity contribution < 1.29 is 19.4 Å². The van der Waals surface area contributed by atoms with Gasteiger partial charge >= 0.3 is 5.97 Å². The van der Waals surface area contributed by atoms with Crippen LogP contribution in [0.2, 0.25) is 0 Å². The highest BCUT2D eigenvalue weighted by atomic mass is 16.5. The lowest BCUT2D eigenvalue weighted by Gasteiger charge is -2.36. The Morgan fingerprint density at radius 3 is 2.44 bits per heavy atom. The average molecular weight is 369 g/mol. The Morgan fingerprint density at radius 2 is 1.81 bits per heavy atom. The first-order valence-electron chi connectivity index (χ1n) is 8.92.